The summed E-state index contributed by atoms with van der Waals surface area (Å²) >= 11 is 0. The maximum atomic E-state index is 13.5. The molecule has 3 aromatic rings. The third-order valence-electron chi connectivity index (χ3n) is 7.73. The second kappa shape index (κ2) is 13.8. The van der Waals surface area contributed by atoms with Crippen LogP contribution in [0.1, 0.15) is 41.6 Å². The molecule has 0 aliphatic carbocycles. The number of rotatable bonds is 11. The first kappa shape index (κ1) is 30.1. The van der Waals surface area contributed by atoms with Gasteiger partial charge in [0.05, 0.1) is 31.4 Å². The number of phenols is 1. The van der Waals surface area contributed by atoms with Crippen LogP contribution in [0.3, 0.4) is 0 Å². The average Bonchev–Trinajstić information content (AvgIpc) is 3.27. The second-order valence-electron chi connectivity index (χ2n) is 10.8. The third kappa shape index (κ3) is 7.01. The molecule has 2 aliphatic rings. The monoisotopic (exact) mass is 586 g/mol. The highest BCUT2D eigenvalue weighted by molar-refractivity contribution is 6.46. The van der Waals surface area contributed by atoms with Crippen LogP contribution in [-0.4, -0.2) is 77.7 Å². The number of amides is 1. The van der Waals surface area contributed by atoms with Gasteiger partial charge in [0.2, 0.25) is 0 Å². The van der Waals surface area contributed by atoms with Crippen LogP contribution in [0.4, 0.5) is 0 Å². The molecule has 0 saturated carbocycles. The third-order valence-corrected chi connectivity index (χ3v) is 7.73. The van der Waals surface area contributed by atoms with Crippen molar-refractivity contribution in [2.45, 2.75) is 32.9 Å². The zero-order chi connectivity index (χ0) is 30.3. The number of phenolic OH excluding ortho intramolecular Hbond substituents is 1. The predicted octanol–water partition coefficient (Wildman–Crippen LogP) is 4.82. The Morgan fingerprint density at radius 3 is 2.47 bits per heavy atom. The summed E-state index contributed by atoms with van der Waals surface area (Å²) in [6.07, 6.45) is 0.646. The van der Waals surface area contributed by atoms with Crippen molar-refractivity contribution in [1.29, 1.82) is 0 Å². The Bertz CT molecular complexity index is 1480. The summed E-state index contributed by atoms with van der Waals surface area (Å²) in [5.41, 5.74) is 3.14. The SMILES string of the molecule is CCOc1cc(C2C(=C(O)c3ccc(OCc4cccc(C)c4)cc3)C(=O)C(=O)N2CCCN2CCOCC2)ccc1O. The van der Waals surface area contributed by atoms with E-state index in [2.05, 4.69) is 11.0 Å². The molecule has 226 valence electrons. The number of aliphatic hydroxyl groups is 1. The van der Waals surface area contributed by atoms with Gasteiger partial charge in [-0.15, -0.1) is 0 Å². The molecule has 3 aromatic carbocycles. The Morgan fingerprint density at radius 1 is 0.977 bits per heavy atom. The molecule has 5 rings (SSSR count). The molecule has 2 saturated heterocycles. The predicted molar refractivity (Wildman–Crippen MR) is 162 cm³/mol. The number of aryl methyl sites for hydroxylation is 1. The highest BCUT2D eigenvalue weighted by atomic mass is 16.5. The van der Waals surface area contributed by atoms with Gasteiger partial charge >= 0.3 is 0 Å². The lowest BCUT2D eigenvalue weighted by molar-refractivity contribution is -0.140. The number of aromatic hydroxyl groups is 1. The Hall–Kier alpha value is -4.34. The molecule has 0 bridgehead atoms. The molecule has 0 spiro atoms. The number of ether oxygens (including phenoxy) is 3. The first-order chi connectivity index (χ1) is 20.9. The van der Waals surface area contributed by atoms with Crippen LogP contribution in [0.25, 0.3) is 5.76 Å². The molecule has 2 aliphatic heterocycles. The molecule has 9 nitrogen and oxygen atoms in total. The van der Waals surface area contributed by atoms with Crippen molar-refractivity contribution in [2.75, 3.05) is 46.0 Å². The quantitative estimate of drug-likeness (QED) is 0.187. The van der Waals surface area contributed by atoms with Crippen molar-refractivity contribution in [3.05, 3.63) is 94.6 Å². The zero-order valence-corrected chi connectivity index (χ0v) is 24.6. The highest BCUT2D eigenvalue weighted by Crippen LogP contribution is 2.42. The minimum absolute atomic E-state index is 0.00191. The number of aliphatic hydroxyl groups excluding tert-OH is 1. The number of carbonyl (C=O) groups is 2. The summed E-state index contributed by atoms with van der Waals surface area (Å²) in [6.45, 7) is 8.62. The van der Waals surface area contributed by atoms with Gasteiger partial charge in [-0.05, 0) is 67.8 Å². The number of hydrogen-bond acceptors (Lipinski definition) is 8. The van der Waals surface area contributed by atoms with Crippen LogP contribution in [-0.2, 0) is 20.9 Å². The second-order valence-corrected chi connectivity index (χ2v) is 10.8. The average molecular weight is 587 g/mol. The molecule has 43 heavy (non-hydrogen) atoms. The van der Waals surface area contributed by atoms with Gasteiger partial charge in [-0.25, -0.2) is 0 Å². The van der Waals surface area contributed by atoms with Crippen LogP contribution in [0, 0.1) is 6.92 Å². The number of ketones is 1. The Morgan fingerprint density at radius 2 is 1.74 bits per heavy atom. The van der Waals surface area contributed by atoms with E-state index in [-0.39, 0.29) is 22.8 Å². The molecule has 2 fully saturated rings. The summed E-state index contributed by atoms with van der Waals surface area (Å²) < 4.78 is 16.9. The van der Waals surface area contributed by atoms with Crippen molar-refractivity contribution in [3.63, 3.8) is 0 Å². The standard InChI is InChI=1S/C34H38N2O7/c1-3-42-29-21-26(10-13-28(29)37)31-30(33(39)34(40)36(31)15-5-14-35-16-18-41-19-17-35)32(38)25-8-11-27(12-9-25)43-22-24-7-4-6-23(2)20-24/h4,6-13,20-21,31,37-38H,3,5,14-19,22H2,1-2H3. The van der Waals surface area contributed by atoms with Gasteiger partial charge in [0.1, 0.15) is 18.1 Å². The Labute approximate surface area is 251 Å². The van der Waals surface area contributed by atoms with E-state index >= 15 is 0 Å². The van der Waals surface area contributed by atoms with Gasteiger partial charge in [-0.3, -0.25) is 14.5 Å². The minimum atomic E-state index is -0.846. The number of likely N-dealkylation sites (tertiary alicyclic amines) is 1. The van der Waals surface area contributed by atoms with E-state index in [4.69, 9.17) is 14.2 Å². The lowest BCUT2D eigenvalue weighted by Gasteiger charge is -2.29. The normalized spacial score (nSPS) is 18.7. The first-order valence-electron chi connectivity index (χ1n) is 14.7. The van der Waals surface area contributed by atoms with Crippen LogP contribution in [0.2, 0.25) is 0 Å². The lowest BCUT2D eigenvalue weighted by Crippen LogP contribution is -2.38. The maximum Gasteiger partial charge on any atom is 0.295 e. The number of nitrogens with zero attached hydrogens (tertiary/aromatic N) is 2. The fourth-order valence-electron chi connectivity index (χ4n) is 5.55. The Balaban J connectivity index is 1.42. The van der Waals surface area contributed by atoms with Crippen LogP contribution in [0.5, 0.6) is 17.2 Å². The van der Waals surface area contributed by atoms with E-state index in [1.54, 1.807) is 43.3 Å². The fourth-order valence-corrected chi connectivity index (χ4v) is 5.55. The van der Waals surface area contributed by atoms with Gasteiger partial charge in [-0.1, -0.05) is 35.9 Å². The largest absolute Gasteiger partial charge is 0.507 e. The minimum Gasteiger partial charge on any atom is -0.507 e. The lowest BCUT2D eigenvalue weighted by atomic mass is 9.95. The van der Waals surface area contributed by atoms with E-state index in [1.165, 1.54) is 11.0 Å². The van der Waals surface area contributed by atoms with Crippen LogP contribution >= 0.6 is 0 Å². The van der Waals surface area contributed by atoms with Crippen molar-refractivity contribution in [2.24, 2.45) is 0 Å². The van der Waals surface area contributed by atoms with Crippen molar-refractivity contribution < 1.29 is 34.0 Å². The summed E-state index contributed by atoms with van der Waals surface area (Å²) in [4.78, 5) is 30.6. The van der Waals surface area contributed by atoms with Gasteiger partial charge in [0.15, 0.2) is 11.5 Å². The van der Waals surface area contributed by atoms with Crippen molar-refractivity contribution >= 4 is 17.4 Å². The highest BCUT2D eigenvalue weighted by Gasteiger charge is 2.46. The Kier molecular flexibility index (Phi) is 9.64. The van der Waals surface area contributed by atoms with E-state index in [0.717, 1.165) is 30.8 Å². The van der Waals surface area contributed by atoms with Gasteiger partial charge in [0, 0.05) is 31.7 Å². The van der Waals surface area contributed by atoms with Crippen LogP contribution in [0.15, 0.2) is 72.3 Å². The number of benzene rings is 3. The molecule has 1 atom stereocenters. The van der Waals surface area contributed by atoms with Crippen molar-refractivity contribution in [1.82, 2.24) is 9.80 Å². The summed E-state index contributed by atoms with van der Waals surface area (Å²) in [5.74, 6) is -0.879. The molecule has 2 N–H and O–H groups in total. The smallest absolute Gasteiger partial charge is 0.295 e. The molecular weight excluding hydrogens is 548 g/mol. The molecule has 2 heterocycles. The summed E-state index contributed by atoms with van der Waals surface area (Å²) in [5, 5.41) is 21.8. The van der Waals surface area contributed by atoms with Gasteiger partial charge < -0.3 is 29.3 Å². The molecule has 0 aromatic heterocycles. The molecule has 1 unspecified atom stereocenters. The number of carbonyl (C=O) groups excluding carboxylic acids is 2. The molecular formula is C34H38N2O7. The number of morpholine rings is 1. The van der Waals surface area contributed by atoms with E-state index in [1.807, 2.05) is 25.1 Å². The number of Topliss-reactive ketones (excluding diaryl/α,β-unsaturated/α-hetero) is 1. The zero-order valence-electron chi connectivity index (χ0n) is 24.6. The molecule has 1 amide bonds. The first-order valence-corrected chi connectivity index (χ1v) is 14.7. The fraction of sp³-hybridized carbons (Fsp3) is 0.353. The maximum absolute atomic E-state index is 13.5. The molecule has 0 radical (unpaired) electrons. The van der Waals surface area contributed by atoms with Crippen molar-refractivity contribution in [3.8, 4) is 17.2 Å². The van der Waals surface area contributed by atoms with E-state index < -0.39 is 17.7 Å². The number of hydrogen-bond donors (Lipinski definition) is 2. The van der Waals surface area contributed by atoms with Gasteiger partial charge in [-0.2, -0.15) is 0 Å². The van der Waals surface area contributed by atoms with Gasteiger partial charge in [0.25, 0.3) is 11.7 Å². The molecule has 9 heteroatoms. The van der Waals surface area contributed by atoms with Crippen LogP contribution < -0.4 is 9.47 Å². The topological polar surface area (TPSA) is 109 Å². The summed E-state index contributed by atoms with van der Waals surface area (Å²) in [6, 6.07) is 18.8. The van der Waals surface area contributed by atoms with E-state index in [0.29, 0.717) is 56.3 Å². The van der Waals surface area contributed by atoms with E-state index in [9.17, 15) is 19.8 Å². The summed E-state index contributed by atoms with van der Waals surface area (Å²) in [7, 11) is 0.